The first-order chi connectivity index (χ1) is 8.72. The summed E-state index contributed by atoms with van der Waals surface area (Å²) in [5.41, 5.74) is 1.26. The molecule has 1 atom stereocenters. The lowest BCUT2D eigenvalue weighted by molar-refractivity contribution is 0.307. The molecule has 108 valence electrons. The second kappa shape index (κ2) is 8.10. The fourth-order valence-electron chi connectivity index (χ4n) is 2.62. The summed E-state index contributed by atoms with van der Waals surface area (Å²) in [6.45, 7) is 4.45. The van der Waals surface area contributed by atoms with Gasteiger partial charge in [-0.15, -0.1) is 12.4 Å². The summed E-state index contributed by atoms with van der Waals surface area (Å²) < 4.78 is 6.54. The van der Waals surface area contributed by atoms with Crippen LogP contribution < -0.4 is 10.1 Å². The molecule has 1 aliphatic rings. The normalized spacial score (nSPS) is 19.2. The molecule has 0 amide bonds. The van der Waals surface area contributed by atoms with Gasteiger partial charge >= 0.3 is 0 Å². The third-order valence-electron chi connectivity index (χ3n) is 3.50. The van der Waals surface area contributed by atoms with E-state index in [0.717, 1.165) is 29.2 Å². The van der Waals surface area contributed by atoms with Gasteiger partial charge in [0.2, 0.25) is 0 Å². The molecule has 0 aliphatic carbocycles. The van der Waals surface area contributed by atoms with Crippen molar-refractivity contribution >= 4 is 28.3 Å². The molecule has 1 aliphatic heterocycles. The van der Waals surface area contributed by atoms with Crippen LogP contribution in [0, 0.1) is 5.92 Å². The van der Waals surface area contributed by atoms with Crippen LogP contribution >= 0.6 is 28.3 Å². The van der Waals surface area contributed by atoms with Crippen molar-refractivity contribution < 1.29 is 4.74 Å². The standard InChI is InChI=1S/C14H21BrN2O.ClH/c1-16-8-11-5-6-17(9-11)10-12-7-13(15)3-4-14(12)18-2;/h3-4,7,11,16H,5-6,8-10H2,1-2H3;1H. The third kappa shape index (κ3) is 4.63. The van der Waals surface area contributed by atoms with Gasteiger partial charge in [-0.2, -0.15) is 0 Å². The van der Waals surface area contributed by atoms with Crippen LogP contribution in [0.2, 0.25) is 0 Å². The smallest absolute Gasteiger partial charge is 0.123 e. The van der Waals surface area contributed by atoms with Gasteiger partial charge in [0.1, 0.15) is 5.75 Å². The fourth-order valence-corrected chi connectivity index (χ4v) is 3.03. The summed E-state index contributed by atoms with van der Waals surface area (Å²) in [5, 5.41) is 3.27. The van der Waals surface area contributed by atoms with Crippen molar-refractivity contribution in [3.05, 3.63) is 28.2 Å². The van der Waals surface area contributed by atoms with E-state index in [-0.39, 0.29) is 12.4 Å². The molecule has 1 N–H and O–H groups in total. The van der Waals surface area contributed by atoms with Gasteiger partial charge in [0.15, 0.2) is 0 Å². The predicted molar refractivity (Wildman–Crippen MR) is 85.3 cm³/mol. The van der Waals surface area contributed by atoms with Crippen LogP contribution in [0.1, 0.15) is 12.0 Å². The van der Waals surface area contributed by atoms with Gasteiger partial charge in [0.05, 0.1) is 7.11 Å². The monoisotopic (exact) mass is 348 g/mol. The fraction of sp³-hybridized carbons (Fsp3) is 0.571. The zero-order valence-corrected chi connectivity index (χ0v) is 13.9. The molecule has 0 spiro atoms. The van der Waals surface area contributed by atoms with Crippen LogP contribution in [0.5, 0.6) is 5.75 Å². The average molecular weight is 350 g/mol. The molecule has 5 heteroatoms. The van der Waals surface area contributed by atoms with Crippen LogP contribution in [0.15, 0.2) is 22.7 Å². The van der Waals surface area contributed by atoms with Crippen molar-refractivity contribution in [3.63, 3.8) is 0 Å². The minimum Gasteiger partial charge on any atom is -0.496 e. The van der Waals surface area contributed by atoms with Crippen LogP contribution in [0.25, 0.3) is 0 Å². The maximum atomic E-state index is 5.43. The zero-order chi connectivity index (χ0) is 13.0. The second-order valence-electron chi connectivity index (χ2n) is 4.90. The van der Waals surface area contributed by atoms with Crippen molar-refractivity contribution in [1.29, 1.82) is 0 Å². The number of benzene rings is 1. The summed E-state index contributed by atoms with van der Waals surface area (Å²) in [5.74, 6) is 1.77. The lowest BCUT2D eigenvalue weighted by Crippen LogP contribution is -2.24. The molecule has 3 nitrogen and oxygen atoms in total. The van der Waals surface area contributed by atoms with Crippen molar-refractivity contribution in [1.82, 2.24) is 10.2 Å². The predicted octanol–water partition coefficient (Wildman–Crippen LogP) is 2.92. The molecule has 19 heavy (non-hydrogen) atoms. The van der Waals surface area contributed by atoms with Crippen LogP contribution in [-0.4, -0.2) is 38.7 Å². The Labute approximate surface area is 130 Å². The number of rotatable bonds is 5. The van der Waals surface area contributed by atoms with E-state index < -0.39 is 0 Å². The number of hydrogen-bond acceptors (Lipinski definition) is 3. The Kier molecular flexibility index (Phi) is 7.15. The van der Waals surface area contributed by atoms with E-state index in [4.69, 9.17) is 4.74 Å². The van der Waals surface area contributed by atoms with Gasteiger partial charge in [-0.05, 0) is 50.7 Å². The minimum atomic E-state index is 0. The van der Waals surface area contributed by atoms with Gasteiger partial charge in [-0.1, -0.05) is 15.9 Å². The first-order valence-corrected chi connectivity index (χ1v) is 7.21. The number of likely N-dealkylation sites (tertiary alicyclic amines) is 1. The molecule has 1 unspecified atom stereocenters. The molecule has 1 saturated heterocycles. The lowest BCUT2D eigenvalue weighted by atomic mass is 10.1. The molecule has 0 aromatic heterocycles. The molecule has 1 aromatic carbocycles. The number of hydrogen-bond donors (Lipinski definition) is 1. The molecule has 2 rings (SSSR count). The molecule has 0 bridgehead atoms. The largest absolute Gasteiger partial charge is 0.496 e. The van der Waals surface area contributed by atoms with Gasteiger partial charge in [0, 0.05) is 23.1 Å². The molecule has 1 aromatic rings. The Morgan fingerprint density at radius 1 is 1.47 bits per heavy atom. The topological polar surface area (TPSA) is 24.5 Å². The number of nitrogens with zero attached hydrogens (tertiary/aromatic N) is 1. The first-order valence-electron chi connectivity index (χ1n) is 6.42. The Morgan fingerprint density at radius 3 is 2.95 bits per heavy atom. The Bertz CT molecular complexity index is 403. The highest BCUT2D eigenvalue weighted by molar-refractivity contribution is 9.10. The van der Waals surface area contributed by atoms with E-state index >= 15 is 0 Å². The summed E-state index contributed by atoms with van der Waals surface area (Å²) in [6.07, 6.45) is 1.29. The maximum absolute atomic E-state index is 5.43. The van der Waals surface area contributed by atoms with Crippen LogP contribution in [0.4, 0.5) is 0 Å². The third-order valence-corrected chi connectivity index (χ3v) is 3.99. The summed E-state index contributed by atoms with van der Waals surface area (Å²) in [4.78, 5) is 2.51. The lowest BCUT2D eigenvalue weighted by Gasteiger charge is -2.18. The summed E-state index contributed by atoms with van der Waals surface area (Å²) in [7, 11) is 3.76. The Morgan fingerprint density at radius 2 is 2.26 bits per heavy atom. The second-order valence-corrected chi connectivity index (χ2v) is 5.82. The Hall–Kier alpha value is -0.290. The quantitative estimate of drug-likeness (QED) is 0.884. The number of methoxy groups -OCH3 is 1. The van der Waals surface area contributed by atoms with Gasteiger partial charge in [-0.3, -0.25) is 4.90 Å². The molecular formula is C14H22BrClN2O. The summed E-state index contributed by atoms with van der Waals surface area (Å²) >= 11 is 3.53. The van der Waals surface area contributed by atoms with Gasteiger partial charge in [0.25, 0.3) is 0 Å². The zero-order valence-electron chi connectivity index (χ0n) is 11.5. The van der Waals surface area contributed by atoms with Crippen LogP contribution in [0.3, 0.4) is 0 Å². The maximum Gasteiger partial charge on any atom is 0.123 e. The highest BCUT2D eigenvalue weighted by Gasteiger charge is 2.22. The van der Waals surface area contributed by atoms with Crippen molar-refractivity contribution in [2.24, 2.45) is 5.92 Å². The number of halogens is 2. The minimum absolute atomic E-state index is 0. The van der Waals surface area contributed by atoms with E-state index in [2.05, 4.69) is 32.2 Å². The summed E-state index contributed by atoms with van der Waals surface area (Å²) in [6, 6.07) is 6.21. The van der Waals surface area contributed by atoms with Gasteiger partial charge < -0.3 is 10.1 Å². The van der Waals surface area contributed by atoms with Crippen molar-refractivity contribution in [3.8, 4) is 5.75 Å². The van der Waals surface area contributed by atoms with E-state index in [1.54, 1.807) is 7.11 Å². The van der Waals surface area contributed by atoms with E-state index in [1.807, 2.05) is 19.2 Å². The van der Waals surface area contributed by atoms with E-state index in [0.29, 0.717) is 0 Å². The van der Waals surface area contributed by atoms with Crippen LogP contribution in [-0.2, 0) is 6.54 Å². The first kappa shape index (κ1) is 16.8. The van der Waals surface area contributed by atoms with Crippen molar-refractivity contribution in [2.45, 2.75) is 13.0 Å². The number of nitrogens with one attached hydrogen (secondary N) is 1. The molecule has 0 radical (unpaired) electrons. The highest BCUT2D eigenvalue weighted by Crippen LogP contribution is 2.26. The van der Waals surface area contributed by atoms with Crippen molar-refractivity contribution in [2.75, 3.05) is 33.8 Å². The Balaban J connectivity index is 0.00000180. The highest BCUT2D eigenvalue weighted by atomic mass is 79.9. The van der Waals surface area contributed by atoms with E-state index in [1.165, 1.54) is 25.1 Å². The van der Waals surface area contributed by atoms with E-state index in [9.17, 15) is 0 Å². The SMILES string of the molecule is CNCC1CCN(Cc2cc(Br)ccc2OC)C1.Cl. The van der Waals surface area contributed by atoms with Gasteiger partial charge in [-0.25, -0.2) is 0 Å². The molecular weight excluding hydrogens is 328 g/mol. The average Bonchev–Trinajstić information content (AvgIpc) is 2.77. The molecule has 1 heterocycles. The number of ether oxygens (including phenoxy) is 1. The molecule has 1 fully saturated rings. The molecule has 0 saturated carbocycles.